The Labute approximate surface area is 78.2 Å². The number of aliphatic hydroxyl groups is 1. The van der Waals surface area contributed by atoms with Crippen LogP contribution in [0.4, 0.5) is 13.2 Å². The molecule has 1 aromatic rings. The number of aliphatic hydroxyl groups excluding tert-OH is 1. The molecule has 0 spiro atoms. The van der Waals surface area contributed by atoms with Gasteiger partial charge in [-0.3, -0.25) is 0 Å². The summed E-state index contributed by atoms with van der Waals surface area (Å²) in [7, 11) is 1.20. The van der Waals surface area contributed by atoms with Gasteiger partial charge in [-0.2, -0.15) is 0 Å². The maximum absolute atomic E-state index is 12.9. The van der Waals surface area contributed by atoms with Gasteiger partial charge in [-0.15, -0.1) is 0 Å². The Morgan fingerprint density at radius 3 is 2.64 bits per heavy atom. The van der Waals surface area contributed by atoms with E-state index in [-0.39, 0.29) is 11.4 Å². The van der Waals surface area contributed by atoms with E-state index in [1.807, 2.05) is 0 Å². The van der Waals surface area contributed by atoms with E-state index in [0.717, 1.165) is 0 Å². The second-order valence-electron chi connectivity index (χ2n) is 2.47. The van der Waals surface area contributed by atoms with Crippen molar-refractivity contribution in [2.24, 2.45) is 0 Å². The molecular weight excluding hydrogens is 199 g/mol. The smallest absolute Gasteiger partial charge is 0.267 e. The predicted molar refractivity (Wildman–Crippen MR) is 41.6 cm³/mol. The number of methoxy groups -OCH3 is 1. The molecule has 6 heteroatoms. The second kappa shape index (κ2) is 4.28. The molecule has 14 heavy (non-hydrogen) atoms. The lowest BCUT2D eigenvalue weighted by molar-refractivity contribution is 0.140. The van der Waals surface area contributed by atoms with Crippen molar-refractivity contribution in [2.75, 3.05) is 7.11 Å². The summed E-state index contributed by atoms with van der Waals surface area (Å²) in [4.78, 5) is 3.42. The van der Waals surface area contributed by atoms with Crippen LogP contribution in [0.5, 0.6) is 5.88 Å². The fourth-order valence-corrected chi connectivity index (χ4v) is 1.09. The zero-order chi connectivity index (χ0) is 10.7. The zero-order valence-electron chi connectivity index (χ0n) is 7.30. The molecule has 0 aliphatic rings. The van der Waals surface area contributed by atoms with Crippen LogP contribution in [0.3, 0.4) is 0 Å². The van der Waals surface area contributed by atoms with E-state index >= 15 is 0 Å². The quantitative estimate of drug-likeness (QED) is 0.819. The summed E-state index contributed by atoms with van der Waals surface area (Å²) < 4.78 is 42.2. The lowest BCUT2D eigenvalue weighted by Gasteiger charge is -2.10. The number of rotatable bonds is 3. The predicted octanol–water partition coefficient (Wildman–Crippen LogP) is 1.66. The maximum atomic E-state index is 12.9. The van der Waals surface area contributed by atoms with E-state index in [9.17, 15) is 13.2 Å². The number of hydrogen-bond donors (Lipinski definition) is 1. The lowest BCUT2D eigenvalue weighted by Crippen LogP contribution is -2.04. The molecule has 0 bridgehead atoms. The van der Waals surface area contributed by atoms with Crippen molar-refractivity contribution in [3.05, 3.63) is 23.1 Å². The first-order chi connectivity index (χ1) is 6.61. The van der Waals surface area contributed by atoms with E-state index in [0.29, 0.717) is 6.20 Å². The highest BCUT2D eigenvalue weighted by atomic mass is 19.3. The standard InChI is InChI=1S/C8H8F3NO2/c1-14-8-4(3-13)6(7(10)11)5(9)2-12-8/h2,7,13H,3H2,1H3. The summed E-state index contributed by atoms with van der Waals surface area (Å²) in [6.45, 7) is -0.742. The molecule has 1 N–H and O–H groups in total. The third kappa shape index (κ3) is 1.79. The van der Waals surface area contributed by atoms with Crippen molar-refractivity contribution in [2.45, 2.75) is 13.0 Å². The molecule has 1 rings (SSSR count). The molecule has 0 saturated heterocycles. The highest BCUT2D eigenvalue weighted by molar-refractivity contribution is 5.35. The van der Waals surface area contributed by atoms with Crippen molar-refractivity contribution in [1.82, 2.24) is 4.98 Å². The van der Waals surface area contributed by atoms with Gasteiger partial charge in [0.05, 0.1) is 31.0 Å². The number of nitrogens with zero attached hydrogens (tertiary/aromatic N) is 1. The normalized spacial score (nSPS) is 10.7. The maximum Gasteiger partial charge on any atom is 0.267 e. The summed E-state index contributed by atoms with van der Waals surface area (Å²) in [5.74, 6) is -1.34. The zero-order valence-corrected chi connectivity index (χ0v) is 7.30. The van der Waals surface area contributed by atoms with Crippen molar-refractivity contribution in [1.29, 1.82) is 0 Å². The lowest BCUT2D eigenvalue weighted by atomic mass is 10.1. The number of hydrogen-bond acceptors (Lipinski definition) is 3. The van der Waals surface area contributed by atoms with Crippen molar-refractivity contribution in [3.63, 3.8) is 0 Å². The van der Waals surface area contributed by atoms with Crippen LogP contribution in [0.2, 0.25) is 0 Å². The third-order valence-corrected chi connectivity index (χ3v) is 1.71. The molecule has 1 aromatic heterocycles. The monoisotopic (exact) mass is 207 g/mol. The Hall–Kier alpha value is -1.30. The molecule has 0 aromatic carbocycles. The van der Waals surface area contributed by atoms with Gasteiger partial charge < -0.3 is 9.84 Å². The summed E-state index contributed by atoms with van der Waals surface area (Å²) in [6.07, 6.45) is -2.37. The van der Waals surface area contributed by atoms with Gasteiger partial charge in [0.15, 0.2) is 5.82 Å². The fraction of sp³-hybridized carbons (Fsp3) is 0.375. The number of halogens is 3. The van der Waals surface area contributed by atoms with Gasteiger partial charge in [0.1, 0.15) is 0 Å². The molecule has 0 amide bonds. The molecule has 78 valence electrons. The van der Waals surface area contributed by atoms with Crippen molar-refractivity contribution in [3.8, 4) is 5.88 Å². The van der Waals surface area contributed by atoms with E-state index in [2.05, 4.69) is 9.72 Å². The van der Waals surface area contributed by atoms with Crippen LogP contribution in [0, 0.1) is 5.82 Å². The molecule has 0 atom stereocenters. The number of alkyl halides is 2. The average Bonchev–Trinajstić information content (AvgIpc) is 2.16. The Morgan fingerprint density at radius 1 is 1.57 bits per heavy atom. The Morgan fingerprint density at radius 2 is 2.21 bits per heavy atom. The van der Waals surface area contributed by atoms with Crippen LogP contribution in [0.25, 0.3) is 0 Å². The van der Waals surface area contributed by atoms with Crippen molar-refractivity contribution >= 4 is 0 Å². The Kier molecular flexibility index (Phi) is 3.29. The van der Waals surface area contributed by atoms with Crippen molar-refractivity contribution < 1.29 is 23.0 Å². The highest BCUT2D eigenvalue weighted by Crippen LogP contribution is 2.30. The van der Waals surface area contributed by atoms with Crippen LogP contribution < -0.4 is 4.74 Å². The number of aromatic nitrogens is 1. The highest BCUT2D eigenvalue weighted by Gasteiger charge is 2.22. The molecular formula is C8H8F3NO2. The Balaban J connectivity index is 3.35. The van der Waals surface area contributed by atoms with Gasteiger partial charge in [-0.1, -0.05) is 0 Å². The van der Waals surface area contributed by atoms with Crippen LogP contribution in [0.15, 0.2) is 6.20 Å². The van der Waals surface area contributed by atoms with Gasteiger partial charge in [0, 0.05) is 0 Å². The van der Waals surface area contributed by atoms with Crippen LogP contribution in [-0.2, 0) is 6.61 Å². The number of ether oxygens (including phenoxy) is 1. The molecule has 0 fully saturated rings. The van der Waals surface area contributed by atoms with Gasteiger partial charge in [0.2, 0.25) is 5.88 Å². The molecule has 3 nitrogen and oxygen atoms in total. The second-order valence-corrected chi connectivity index (χ2v) is 2.47. The molecule has 0 saturated carbocycles. The summed E-state index contributed by atoms with van der Waals surface area (Å²) in [6, 6.07) is 0. The number of pyridine rings is 1. The topological polar surface area (TPSA) is 42.4 Å². The largest absolute Gasteiger partial charge is 0.481 e. The molecule has 0 unspecified atom stereocenters. The molecule has 0 radical (unpaired) electrons. The van der Waals surface area contributed by atoms with Gasteiger partial charge in [-0.25, -0.2) is 18.2 Å². The van der Waals surface area contributed by atoms with Crippen LogP contribution >= 0.6 is 0 Å². The average molecular weight is 207 g/mol. The van der Waals surface area contributed by atoms with E-state index < -0.39 is 24.4 Å². The summed E-state index contributed by atoms with van der Waals surface area (Å²) in [5, 5.41) is 8.78. The first kappa shape index (κ1) is 10.8. The van der Waals surface area contributed by atoms with Gasteiger partial charge in [-0.05, 0) is 0 Å². The Bertz CT molecular complexity index is 331. The minimum atomic E-state index is -3.01. The van der Waals surface area contributed by atoms with Gasteiger partial charge >= 0.3 is 0 Å². The first-order valence-electron chi connectivity index (χ1n) is 3.72. The molecule has 0 aliphatic carbocycles. The van der Waals surface area contributed by atoms with Crippen LogP contribution in [-0.4, -0.2) is 17.2 Å². The third-order valence-electron chi connectivity index (χ3n) is 1.71. The summed E-state index contributed by atoms with van der Waals surface area (Å²) in [5.41, 5.74) is -1.18. The molecule has 0 aliphatic heterocycles. The SMILES string of the molecule is COc1ncc(F)c(C(F)F)c1CO. The fourth-order valence-electron chi connectivity index (χ4n) is 1.09. The minimum absolute atomic E-state index is 0.191. The molecule has 1 heterocycles. The van der Waals surface area contributed by atoms with Crippen LogP contribution in [0.1, 0.15) is 17.6 Å². The van der Waals surface area contributed by atoms with E-state index in [1.165, 1.54) is 7.11 Å². The minimum Gasteiger partial charge on any atom is -0.481 e. The van der Waals surface area contributed by atoms with Gasteiger partial charge in [0.25, 0.3) is 6.43 Å². The van der Waals surface area contributed by atoms with E-state index in [1.54, 1.807) is 0 Å². The summed E-state index contributed by atoms with van der Waals surface area (Å²) >= 11 is 0. The first-order valence-corrected chi connectivity index (χ1v) is 3.72. The van der Waals surface area contributed by atoms with E-state index in [4.69, 9.17) is 5.11 Å².